The van der Waals surface area contributed by atoms with Crippen molar-refractivity contribution in [2.45, 2.75) is 0 Å². The van der Waals surface area contributed by atoms with Crippen molar-refractivity contribution in [2.75, 3.05) is 0 Å². The van der Waals surface area contributed by atoms with E-state index in [2.05, 4.69) is 312 Å². The quantitative estimate of drug-likeness (QED) is 0.0955. The van der Waals surface area contributed by atoms with E-state index in [-0.39, 0.29) is 0 Å². The van der Waals surface area contributed by atoms with Crippen molar-refractivity contribution in [1.82, 2.24) is 9.13 Å². The van der Waals surface area contributed by atoms with Crippen LogP contribution in [0.2, 0.25) is 0 Å². The maximum atomic E-state index is 6.59. The molecule has 0 N–H and O–H groups in total. The predicted molar refractivity (Wildman–Crippen MR) is 349 cm³/mol. The SMILES string of the molecule is c1ccc(-c2ccccc2-c2ccc(Oc3ccc4oc5ccc(-c6cccc7c8cc(-n9c%10ccccc%10c%10cc([Si](c%11ccccc%11)(c%11ccccc%11)c%11ccccc%11)ccc%109)ccc8n(-c8ccccc8)c67)cc5c4c3)cc2)cc1. The van der Waals surface area contributed by atoms with Crippen molar-refractivity contribution in [3.63, 3.8) is 0 Å². The van der Waals surface area contributed by atoms with E-state index in [1.54, 1.807) is 0 Å². The molecule has 0 atom stereocenters. The first-order valence-electron chi connectivity index (χ1n) is 28.4. The molecule has 5 heteroatoms. The van der Waals surface area contributed by atoms with Crippen molar-refractivity contribution >= 4 is 94.4 Å². The van der Waals surface area contributed by atoms with E-state index in [1.165, 1.54) is 70.0 Å². The van der Waals surface area contributed by atoms with Crippen LogP contribution >= 0.6 is 0 Å². The molecule has 0 aliphatic rings. The van der Waals surface area contributed by atoms with Crippen molar-refractivity contribution in [1.29, 1.82) is 0 Å². The van der Waals surface area contributed by atoms with Crippen LogP contribution in [0.15, 0.2) is 320 Å². The molecule has 3 heterocycles. The molecule has 390 valence electrons. The minimum absolute atomic E-state index is 0.746. The lowest BCUT2D eigenvalue weighted by Crippen LogP contribution is -2.74. The van der Waals surface area contributed by atoms with Crippen molar-refractivity contribution in [2.24, 2.45) is 0 Å². The van der Waals surface area contributed by atoms with Gasteiger partial charge >= 0.3 is 0 Å². The van der Waals surface area contributed by atoms with Gasteiger partial charge in [0.2, 0.25) is 0 Å². The Bertz CT molecular complexity index is 4990. The third-order valence-corrected chi connectivity index (χ3v) is 21.7. The Hall–Kier alpha value is -10.7. The number of aromatic nitrogens is 2. The normalized spacial score (nSPS) is 11.9. The Kier molecular flexibility index (Phi) is 11.5. The molecule has 0 fully saturated rings. The fraction of sp³-hybridized carbons (Fsp3) is 0. The summed E-state index contributed by atoms with van der Waals surface area (Å²) in [6, 6.07) is 115. The lowest BCUT2D eigenvalue weighted by atomic mass is 9.95. The molecule has 0 aliphatic carbocycles. The van der Waals surface area contributed by atoms with Gasteiger partial charge in [0, 0.05) is 49.3 Å². The van der Waals surface area contributed by atoms with E-state index >= 15 is 0 Å². The fourth-order valence-electron chi connectivity index (χ4n) is 13.3. The van der Waals surface area contributed by atoms with Crippen LogP contribution < -0.4 is 25.5 Å². The standard InChI is InChI=1S/C78H52N2O2Si/c1-6-21-53(22-7-1)64-31-16-17-32-65(64)54-37-41-58(42-38-54)81-59-43-48-77-72(51-59)71-49-55(39-47-76(71)82-77)66-34-20-35-68-69-50-57(40-45-75(69)80(78(66)68)56-23-8-2-9-24-56)79-73-36-19-18-33-67(73)70-52-63(44-46-74(70)79)83(60-25-10-3-11-26-60,61-27-12-4-13-28-61)62-29-14-5-15-30-62/h1-52H. The number of hydrogen-bond donors (Lipinski definition) is 0. The molecular formula is C78H52N2O2Si. The van der Waals surface area contributed by atoms with Gasteiger partial charge in [-0.1, -0.05) is 231 Å². The summed E-state index contributed by atoms with van der Waals surface area (Å²) in [7, 11) is -2.79. The number of nitrogens with zero attached hydrogens (tertiary/aromatic N) is 2. The Labute approximate surface area is 481 Å². The van der Waals surface area contributed by atoms with Gasteiger partial charge < -0.3 is 18.3 Å². The molecule has 0 bridgehead atoms. The monoisotopic (exact) mass is 1080 g/mol. The smallest absolute Gasteiger partial charge is 0.179 e. The molecule has 0 saturated heterocycles. The second-order valence-electron chi connectivity index (χ2n) is 21.5. The number of hydrogen-bond acceptors (Lipinski definition) is 2. The fourth-order valence-corrected chi connectivity index (χ4v) is 18.0. The summed E-state index contributed by atoms with van der Waals surface area (Å²) < 4.78 is 18.0. The van der Waals surface area contributed by atoms with Crippen LogP contribution in [0.1, 0.15) is 0 Å². The average molecular weight is 1080 g/mol. The molecule has 0 aliphatic heterocycles. The molecule has 16 rings (SSSR count). The summed E-state index contributed by atoms with van der Waals surface area (Å²) in [5.74, 6) is 1.51. The molecule has 4 nitrogen and oxygen atoms in total. The highest BCUT2D eigenvalue weighted by molar-refractivity contribution is 7.20. The molecule has 0 saturated carbocycles. The zero-order valence-corrected chi connectivity index (χ0v) is 46.2. The average Bonchev–Trinajstić information content (AvgIpc) is 2.70. The number of fused-ring (bicyclic) bond motifs is 9. The van der Waals surface area contributed by atoms with Crippen LogP contribution in [0.5, 0.6) is 11.5 Å². The summed E-state index contributed by atoms with van der Waals surface area (Å²) in [6.45, 7) is 0. The highest BCUT2D eigenvalue weighted by Crippen LogP contribution is 2.43. The summed E-state index contributed by atoms with van der Waals surface area (Å²) >= 11 is 0. The molecule has 16 aromatic rings. The number of benzene rings is 13. The predicted octanol–water partition coefficient (Wildman–Crippen LogP) is 18.0. The molecule has 83 heavy (non-hydrogen) atoms. The highest BCUT2D eigenvalue weighted by atomic mass is 28.3. The van der Waals surface area contributed by atoms with E-state index in [0.717, 1.165) is 72.5 Å². The Morgan fingerprint density at radius 3 is 1.45 bits per heavy atom. The van der Waals surface area contributed by atoms with Crippen LogP contribution in [0.3, 0.4) is 0 Å². The first-order chi connectivity index (χ1) is 41.2. The third-order valence-electron chi connectivity index (χ3n) is 16.9. The second kappa shape index (κ2) is 19.8. The van der Waals surface area contributed by atoms with Crippen molar-refractivity contribution < 1.29 is 9.15 Å². The van der Waals surface area contributed by atoms with Gasteiger partial charge in [-0.2, -0.15) is 0 Å². The van der Waals surface area contributed by atoms with E-state index in [4.69, 9.17) is 9.15 Å². The molecule has 0 amide bonds. The molecular weight excluding hydrogens is 1020 g/mol. The molecule has 0 spiro atoms. The van der Waals surface area contributed by atoms with Gasteiger partial charge in [0.15, 0.2) is 8.07 Å². The number of rotatable bonds is 11. The third kappa shape index (κ3) is 7.96. The van der Waals surface area contributed by atoms with Gasteiger partial charge in [-0.3, -0.25) is 0 Å². The summed E-state index contributed by atoms with van der Waals surface area (Å²) in [5.41, 5.74) is 15.4. The summed E-state index contributed by atoms with van der Waals surface area (Å²) in [5, 5.41) is 12.3. The maximum absolute atomic E-state index is 6.59. The Morgan fingerprint density at radius 1 is 0.265 bits per heavy atom. The van der Waals surface area contributed by atoms with Crippen LogP contribution in [0.4, 0.5) is 0 Å². The highest BCUT2D eigenvalue weighted by Gasteiger charge is 2.41. The first-order valence-corrected chi connectivity index (χ1v) is 30.4. The van der Waals surface area contributed by atoms with E-state index < -0.39 is 8.07 Å². The van der Waals surface area contributed by atoms with Crippen molar-refractivity contribution in [3.05, 3.63) is 315 Å². The van der Waals surface area contributed by atoms with Gasteiger partial charge in [-0.25, -0.2) is 0 Å². The van der Waals surface area contributed by atoms with E-state index in [1.807, 2.05) is 12.1 Å². The molecule has 0 radical (unpaired) electrons. The Balaban J connectivity index is 0.812. The minimum Gasteiger partial charge on any atom is -0.457 e. The first kappa shape index (κ1) is 48.2. The maximum Gasteiger partial charge on any atom is 0.179 e. The summed E-state index contributed by atoms with van der Waals surface area (Å²) in [4.78, 5) is 0. The topological polar surface area (TPSA) is 32.2 Å². The zero-order valence-electron chi connectivity index (χ0n) is 45.2. The number of furan rings is 1. The van der Waals surface area contributed by atoms with Crippen LogP contribution in [-0.4, -0.2) is 17.2 Å². The molecule has 13 aromatic carbocycles. The van der Waals surface area contributed by atoms with Gasteiger partial charge in [-0.15, -0.1) is 0 Å². The molecule has 3 aromatic heterocycles. The zero-order chi connectivity index (χ0) is 54.8. The summed E-state index contributed by atoms with van der Waals surface area (Å²) in [6.07, 6.45) is 0. The minimum atomic E-state index is -2.79. The van der Waals surface area contributed by atoms with Crippen molar-refractivity contribution in [3.8, 4) is 56.3 Å². The lowest BCUT2D eigenvalue weighted by Gasteiger charge is -2.34. The van der Waals surface area contributed by atoms with Gasteiger partial charge in [0.05, 0.1) is 22.1 Å². The van der Waals surface area contributed by atoms with Gasteiger partial charge in [-0.05, 0) is 133 Å². The second-order valence-corrected chi connectivity index (χ2v) is 25.3. The largest absolute Gasteiger partial charge is 0.457 e. The van der Waals surface area contributed by atoms with E-state index in [9.17, 15) is 0 Å². The van der Waals surface area contributed by atoms with Gasteiger partial charge in [0.1, 0.15) is 22.7 Å². The Morgan fingerprint density at radius 2 is 0.759 bits per heavy atom. The molecule has 0 unspecified atom stereocenters. The van der Waals surface area contributed by atoms with Crippen LogP contribution in [0.25, 0.3) is 110 Å². The van der Waals surface area contributed by atoms with Gasteiger partial charge in [0.25, 0.3) is 0 Å². The van der Waals surface area contributed by atoms with Crippen LogP contribution in [0, 0.1) is 0 Å². The van der Waals surface area contributed by atoms with Crippen LogP contribution in [-0.2, 0) is 0 Å². The lowest BCUT2D eigenvalue weighted by molar-refractivity contribution is 0.483. The van der Waals surface area contributed by atoms with E-state index in [0.29, 0.717) is 0 Å². The number of para-hydroxylation sites is 3. The number of ether oxygens (including phenoxy) is 1.